The average Bonchev–Trinajstić information content (AvgIpc) is 3.45. The van der Waals surface area contributed by atoms with Gasteiger partial charge in [0.2, 0.25) is 5.78 Å². The van der Waals surface area contributed by atoms with Crippen LogP contribution in [-0.2, 0) is 15.5 Å². The van der Waals surface area contributed by atoms with Gasteiger partial charge in [-0.05, 0) is 25.8 Å². The van der Waals surface area contributed by atoms with Gasteiger partial charge in [-0.3, -0.25) is 19.7 Å². The summed E-state index contributed by atoms with van der Waals surface area (Å²) in [4.78, 5) is 34.8. The van der Waals surface area contributed by atoms with Gasteiger partial charge in [0.1, 0.15) is 11.1 Å². The Bertz CT molecular complexity index is 843. The summed E-state index contributed by atoms with van der Waals surface area (Å²) in [6.45, 7) is 1.63. The molecule has 1 aliphatic rings. The van der Waals surface area contributed by atoms with Crippen LogP contribution in [0.15, 0.2) is 30.0 Å². The molecule has 1 aromatic rings. The quantitative estimate of drug-likeness (QED) is 0.0936. The zero-order valence-corrected chi connectivity index (χ0v) is 14.4. The molecule has 152 valence electrons. The fourth-order valence-electron chi connectivity index (χ4n) is 2.33. The Morgan fingerprint density at radius 3 is 2.32 bits per heavy atom. The number of hydrogen-bond acceptors (Lipinski definition) is 5. The fraction of sp³-hybridized carbons (Fsp3) is 0.412. The predicted molar refractivity (Wildman–Crippen MR) is 84.8 cm³/mol. The van der Waals surface area contributed by atoms with Crippen LogP contribution in [0.25, 0.3) is 0 Å². The topological polar surface area (TPSA) is 86.5 Å². The molecular weight excluding hydrogens is 393 g/mol. The van der Waals surface area contributed by atoms with E-state index in [2.05, 4.69) is 0 Å². The van der Waals surface area contributed by atoms with E-state index >= 15 is 0 Å². The smallest absolute Gasteiger partial charge is 0.458 e. The number of carbonyl (C=O) groups excluding carboxylic acids is 2. The third kappa shape index (κ3) is 4.18. The minimum absolute atomic E-state index is 0.0133. The van der Waals surface area contributed by atoms with Gasteiger partial charge in [-0.25, -0.2) is 0 Å². The molecule has 0 amide bonds. The first-order valence-electron chi connectivity index (χ1n) is 8.06. The van der Waals surface area contributed by atoms with Gasteiger partial charge >= 0.3 is 12.1 Å². The largest absolute Gasteiger partial charge is 0.501 e. The Balaban J connectivity index is 2.53. The van der Waals surface area contributed by atoms with E-state index in [1.165, 1.54) is 0 Å². The number of benzene rings is 1. The summed E-state index contributed by atoms with van der Waals surface area (Å²) in [5.74, 6) is -7.62. The summed E-state index contributed by atoms with van der Waals surface area (Å²) in [6, 6.07) is 0.740. The van der Waals surface area contributed by atoms with Crippen LogP contribution >= 0.6 is 0 Å². The maximum absolute atomic E-state index is 13.5. The minimum atomic E-state index is -5.98. The molecule has 0 saturated heterocycles. The first kappa shape index (κ1) is 21.5. The molecule has 6 nitrogen and oxygen atoms in total. The zero-order valence-electron chi connectivity index (χ0n) is 14.4. The standard InChI is InChI=1S/C17H14F5NO5/c1-2-28-8-12(14(24)9-3-4-9)15(25)11-6-5-10(7-13(11)23(26)27)16(18,19)17(20,21)22/h5-9H,2-4H2,1H3. The van der Waals surface area contributed by atoms with Crippen molar-refractivity contribution in [2.45, 2.75) is 31.9 Å². The third-order valence-electron chi connectivity index (χ3n) is 3.98. The van der Waals surface area contributed by atoms with E-state index in [1.54, 1.807) is 6.92 Å². The number of ether oxygens (including phenoxy) is 1. The van der Waals surface area contributed by atoms with Crippen molar-refractivity contribution in [2.75, 3.05) is 6.61 Å². The Kier molecular flexibility index (Phi) is 5.86. The Labute approximate surface area is 155 Å². The molecule has 2 rings (SSSR count). The van der Waals surface area contributed by atoms with Gasteiger partial charge in [-0.1, -0.05) is 6.07 Å². The summed E-state index contributed by atoms with van der Waals surface area (Å²) >= 11 is 0. The molecule has 0 aromatic heterocycles. The summed E-state index contributed by atoms with van der Waals surface area (Å²) in [5, 5.41) is 11.2. The van der Waals surface area contributed by atoms with Gasteiger partial charge < -0.3 is 4.74 Å². The molecule has 0 bridgehead atoms. The molecule has 0 heterocycles. The molecule has 0 radical (unpaired) electrons. The molecule has 28 heavy (non-hydrogen) atoms. The highest BCUT2D eigenvalue weighted by Gasteiger charge is 2.59. The van der Waals surface area contributed by atoms with Crippen LogP contribution in [-0.4, -0.2) is 29.3 Å². The molecule has 1 saturated carbocycles. The number of rotatable bonds is 8. The second kappa shape index (κ2) is 7.64. The van der Waals surface area contributed by atoms with E-state index in [4.69, 9.17) is 4.74 Å². The van der Waals surface area contributed by atoms with Crippen LogP contribution in [0.3, 0.4) is 0 Å². The van der Waals surface area contributed by atoms with Crippen LogP contribution < -0.4 is 0 Å². The Morgan fingerprint density at radius 1 is 1.25 bits per heavy atom. The highest BCUT2D eigenvalue weighted by atomic mass is 19.4. The van der Waals surface area contributed by atoms with Crippen LogP contribution in [0.4, 0.5) is 27.6 Å². The zero-order chi connectivity index (χ0) is 21.3. The van der Waals surface area contributed by atoms with Crippen LogP contribution in [0.5, 0.6) is 0 Å². The lowest BCUT2D eigenvalue weighted by Gasteiger charge is -2.20. The SMILES string of the molecule is CCOC=C(C(=O)c1ccc(C(F)(F)C(F)(F)F)cc1[N+](=O)[O-])C(=O)C1CC1. The summed E-state index contributed by atoms with van der Waals surface area (Å²) in [7, 11) is 0. The minimum Gasteiger partial charge on any atom is -0.501 e. The van der Waals surface area contributed by atoms with E-state index < -0.39 is 56.9 Å². The summed E-state index contributed by atoms with van der Waals surface area (Å²) in [5.41, 5.74) is -4.26. The van der Waals surface area contributed by atoms with Crippen molar-refractivity contribution < 1.29 is 41.2 Å². The number of alkyl halides is 5. The summed E-state index contributed by atoms with van der Waals surface area (Å²) < 4.78 is 69.5. The first-order valence-corrected chi connectivity index (χ1v) is 8.06. The second-order valence-corrected chi connectivity index (χ2v) is 6.02. The van der Waals surface area contributed by atoms with E-state index in [0.717, 1.165) is 6.26 Å². The van der Waals surface area contributed by atoms with E-state index in [-0.39, 0.29) is 18.7 Å². The fourth-order valence-corrected chi connectivity index (χ4v) is 2.33. The average molecular weight is 407 g/mol. The number of hydrogen-bond donors (Lipinski definition) is 0. The lowest BCUT2D eigenvalue weighted by Crippen LogP contribution is -2.33. The van der Waals surface area contributed by atoms with Gasteiger partial charge in [0.05, 0.1) is 17.8 Å². The van der Waals surface area contributed by atoms with E-state index in [0.29, 0.717) is 18.9 Å². The number of nitro groups is 1. The van der Waals surface area contributed by atoms with Crippen molar-refractivity contribution in [1.82, 2.24) is 0 Å². The molecule has 11 heteroatoms. The number of allylic oxidation sites excluding steroid dienone is 1. The van der Waals surface area contributed by atoms with Gasteiger partial charge in [0.15, 0.2) is 5.78 Å². The molecule has 0 spiro atoms. The number of ketones is 2. The molecule has 1 aromatic carbocycles. The lowest BCUT2D eigenvalue weighted by molar-refractivity contribution is -0.385. The van der Waals surface area contributed by atoms with Crippen molar-refractivity contribution in [2.24, 2.45) is 5.92 Å². The van der Waals surface area contributed by atoms with E-state index in [9.17, 15) is 41.7 Å². The normalized spacial score (nSPS) is 15.3. The van der Waals surface area contributed by atoms with Crippen molar-refractivity contribution >= 4 is 17.3 Å². The lowest BCUT2D eigenvalue weighted by atomic mass is 9.95. The van der Waals surface area contributed by atoms with Gasteiger partial charge in [-0.15, -0.1) is 0 Å². The van der Waals surface area contributed by atoms with E-state index in [1.807, 2.05) is 0 Å². The molecule has 0 N–H and O–H groups in total. The third-order valence-corrected chi connectivity index (χ3v) is 3.98. The van der Waals surface area contributed by atoms with Crippen LogP contribution in [0.1, 0.15) is 35.7 Å². The molecule has 0 aliphatic heterocycles. The highest BCUT2D eigenvalue weighted by molar-refractivity contribution is 6.28. The first-order chi connectivity index (χ1) is 12.9. The molecule has 0 unspecified atom stereocenters. The van der Waals surface area contributed by atoms with Gasteiger partial charge in [-0.2, -0.15) is 22.0 Å². The van der Waals surface area contributed by atoms with Gasteiger partial charge in [0, 0.05) is 17.5 Å². The number of carbonyl (C=O) groups is 2. The predicted octanol–water partition coefficient (Wildman–Crippen LogP) is 4.33. The number of nitrogens with zero attached hydrogens (tertiary/aromatic N) is 1. The monoisotopic (exact) mass is 407 g/mol. The number of nitro benzene ring substituents is 1. The molecular formula is C17H14F5NO5. The molecule has 0 atom stereocenters. The Hall–Kier alpha value is -2.85. The Morgan fingerprint density at radius 2 is 1.86 bits per heavy atom. The number of Topliss-reactive ketones (excluding diaryl/α,β-unsaturated/α-hetero) is 2. The van der Waals surface area contributed by atoms with Crippen LogP contribution in [0.2, 0.25) is 0 Å². The maximum Gasteiger partial charge on any atom is 0.458 e. The van der Waals surface area contributed by atoms with Gasteiger partial charge in [0.25, 0.3) is 5.69 Å². The second-order valence-electron chi connectivity index (χ2n) is 6.02. The molecule has 1 fully saturated rings. The number of halogens is 5. The summed E-state index contributed by atoms with van der Waals surface area (Å²) in [6.07, 6.45) is -4.14. The van der Waals surface area contributed by atoms with Crippen molar-refractivity contribution in [3.05, 3.63) is 51.3 Å². The maximum atomic E-state index is 13.5. The van der Waals surface area contributed by atoms with Crippen LogP contribution in [0, 0.1) is 16.0 Å². The van der Waals surface area contributed by atoms with Crippen molar-refractivity contribution in [3.8, 4) is 0 Å². The van der Waals surface area contributed by atoms with Crippen molar-refractivity contribution in [1.29, 1.82) is 0 Å². The molecule has 1 aliphatic carbocycles. The highest BCUT2D eigenvalue weighted by Crippen LogP contribution is 2.45. The van der Waals surface area contributed by atoms with Crippen molar-refractivity contribution in [3.63, 3.8) is 0 Å².